The van der Waals surface area contributed by atoms with Crippen molar-refractivity contribution in [1.82, 2.24) is 19.4 Å². The quantitative estimate of drug-likeness (QED) is 0.685. The van der Waals surface area contributed by atoms with Gasteiger partial charge in [-0.3, -0.25) is 4.79 Å². The predicted molar refractivity (Wildman–Crippen MR) is 110 cm³/mol. The van der Waals surface area contributed by atoms with Crippen LogP contribution in [0.1, 0.15) is 32.6 Å². The Kier molecular flexibility index (Phi) is 6.60. The number of halogens is 1. The average molecular weight is 441 g/mol. The van der Waals surface area contributed by atoms with Gasteiger partial charge < -0.3 is 9.32 Å². The predicted octanol–water partition coefficient (Wildman–Crippen LogP) is 2.80. The molecule has 158 valence electrons. The number of carbonyl (C=O) groups is 1. The zero-order chi connectivity index (χ0) is 21.2. The number of hydrogen-bond acceptors (Lipinski definition) is 6. The molecule has 0 unspecified atom stereocenters. The van der Waals surface area contributed by atoms with E-state index in [1.54, 1.807) is 17.0 Å². The van der Waals surface area contributed by atoms with Crippen LogP contribution in [0.5, 0.6) is 0 Å². The van der Waals surface area contributed by atoms with Crippen LogP contribution >= 0.6 is 11.6 Å². The first-order valence-electron chi connectivity index (χ1n) is 9.49. The molecule has 2 aromatic rings. The molecule has 0 aliphatic carbocycles. The van der Waals surface area contributed by atoms with Gasteiger partial charge in [-0.05, 0) is 38.8 Å². The number of amides is 1. The van der Waals surface area contributed by atoms with E-state index in [1.807, 2.05) is 26.0 Å². The van der Waals surface area contributed by atoms with Crippen molar-refractivity contribution in [3.8, 4) is 11.5 Å². The topological polar surface area (TPSA) is 96.6 Å². The molecule has 0 saturated carbocycles. The largest absolute Gasteiger partial charge is 0.419 e. The number of piperidine rings is 1. The van der Waals surface area contributed by atoms with E-state index in [9.17, 15) is 13.2 Å². The molecule has 29 heavy (non-hydrogen) atoms. The van der Waals surface area contributed by atoms with Crippen LogP contribution in [0.25, 0.3) is 11.5 Å². The van der Waals surface area contributed by atoms with Crippen molar-refractivity contribution in [3.05, 3.63) is 35.2 Å². The fourth-order valence-corrected chi connectivity index (χ4v) is 4.48. The molecule has 8 nitrogen and oxygen atoms in total. The van der Waals surface area contributed by atoms with Crippen molar-refractivity contribution in [1.29, 1.82) is 0 Å². The van der Waals surface area contributed by atoms with E-state index in [0.29, 0.717) is 48.3 Å². The second-order valence-corrected chi connectivity index (χ2v) is 9.87. The van der Waals surface area contributed by atoms with Crippen LogP contribution in [0, 0.1) is 5.92 Å². The van der Waals surface area contributed by atoms with Crippen LogP contribution in [0.3, 0.4) is 0 Å². The van der Waals surface area contributed by atoms with Crippen LogP contribution in [0.2, 0.25) is 5.02 Å². The highest BCUT2D eigenvalue weighted by Crippen LogP contribution is 2.27. The van der Waals surface area contributed by atoms with Gasteiger partial charge in [-0.25, -0.2) is 12.7 Å². The summed E-state index contributed by atoms with van der Waals surface area (Å²) >= 11 is 6.18. The number of nitrogens with zero attached hydrogens (tertiary/aromatic N) is 4. The van der Waals surface area contributed by atoms with Gasteiger partial charge in [0.15, 0.2) is 0 Å². The molecular weight excluding hydrogens is 416 g/mol. The van der Waals surface area contributed by atoms with Crippen molar-refractivity contribution in [2.24, 2.45) is 5.92 Å². The molecule has 0 bridgehead atoms. The van der Waals surface area contributed by atoms with Gasteiger partial charge in [-0.2, -0.15) is 0 Å². The summed E-state index contributed by atoms with van der Waals surface area (Å²) in [6.45, 7) is 4.76. The molecule has 1 saturated heterocycles. The second kappa shape index (κ2) is 8.81. The zero-order valence-electron chi connectivity index (χ0n) is 16.7. The first kappa shape index (κ1) is 21.7. The number of benzene rings is 1. The van der Waals surface area contributed by atoms with Crippen molar-refractivity contribution in [3.63, 3.8) is 0 Å². The van der Waals surface area contributed by atoms with Gasteiger partial charge in [0.25, 0.3) is 0 Å². The maximum atomic E-state index is 13.1. The van der Waals surface area contributed by atoms with Gasteiger partial charge in [0.05, 0.1) is 23.4 Å². The Morgan fingerprint density at radius 3 is 2.52 bits per heavy atom. The third kappa shape index (κ3) is 5.15. The van der Waals surface area contributed by atoms with E-state index < -0.39 is 10.0 Å². The van der Waals surface area contributed by atoms with E-state index in [2.05, 4.69) is 10.2 Å². The summed E-state index contributed by atoms with van der Waals surface area (Å²) in [6.07, 6.45) is 2.20. The van der Waals surface area contributed by atoms with Crippen molar-refractivity contribution < 1.29 is 17.6 Å². The fraction of sp³-hybridized carbons (Fsp3) is 0.526. The number of rotatable bonds is 6. The smallest absolute Gasteiger partial charge is 0.249 e. The van der Waals surface area contributed by atoms with Crippen LogP contribution < -0.4 is 0 Å². The normalized spacial score (nSPS) is 16.3. The molecule has 1 aliphatic heterocycles. The molecule has 2 heterocycles. The van der Waals surface area contributed by atoms with Crippen molar-refractivity contribution in [2.75, 3.05) is 19.3 Å². The average Bonchev–Trinajstić information content (AvgIpc) is 3.13. The summed E-state index contributed by atoms with van der Waals surface area (Å²) in [6, 6.07) is 7.12. The fourth-order valence-electron chi connectivity index (χ4n) is 3.39. The van der Waals surface area contributed by atoms with Crippen molar-refractivity contribution >= 4 is 27.5 Å². The Morgan fingerprint density at radius 2 is 1.93 bits per heavy atom. The molecule has 0 radical (unpaired) electrons. The van der Waals surface area contributed by atoms with Gasteiger partial charge in [0.1, 0.15) is 0 Å². The number of carbonyl (C=O) groups excluding carboxylic acids is 1. The highest BCUT2D eigenvalue weighted by atomic mass is 35.5. The molecule has 1 aromatic heterocycles. The van der Waals surface area contributed by atoms with E-state index in [0.717, 1.165) is 0 Å². The Hall–Kier alpha value is -1.97. The van der Waals surface area contributed by atoms with E-state index in [4.69, 9.17) is 16.0 Å². The van der Waals surface area contributed by atoms with Crippen LogP contribution in [0.4, 0.5) is 0 Å². The Balaban J connectivity index is 1.70. The lowest BCUT2D eigenvalue weighted by molar-refractivity contribution is -0.139. The molecule has 3 rings (SSSR count). The molecule has 0 atom stereocenters. The van der Waals surface area contributed by atoms with Gasteiger partial charge in [0, 0.05) is 25.0 Å². The van der Waals surface area contributed by atoms with E-state index >= 15 is 0 Å². The molecule has 1 aliphatic rings. The molecule has 0 N–H and O–H groups in total. The standard InChI is InChI=1S/C19H25ClN4O4S/c1-13(2)24(19(25)14-8-10-23(11-9-14)29(3,26)27)12-17-21-22-18(28-17)15-6-4-5-7-16(15)20/h4-7,13-14H,8-12H2,1-3H3. The van der Waals surface area contributed by atoms with Crippen LogP contribution in [-0.4, -0.2) is 59.1 Å². The highest BCUT2D eigenvalue weighted by Gasteiger charge is 2.33. The van der Waals surface area contributed by atoms with Crippen LogP contribution in [-0.2, 0) is 21.4 Å². The zero-order valence-corrected chi connectivity index (χ0v) is 18.3. The highest BCUT2D eigenvalue weighted by molar-refractivity contribution is 7.88. The Morgan fingerprint density at radius 1 is 1.28 bits per heavy atom. The minimum absolute atomic E-state index is 0.0226. The molecule has 10 heteroatoms. The van der Waals surface area contributed by atoms with E-state index in [-0.39, 0.29) is 24.4 Å². The lowest BCUT2D eigenvalue weighted by Crippen LogP contribution is -2.45. The van der Waals surface area contributed by atoms with Gasteiger partial charge in [-0.15, -0.1) is 10.2 Å². The molecule has 0 spiro atoms. The maximum Gasteiger partial charge on any atom is 0.249 e. The summed E-state index contributed by atoms with van der Waals surface area (Å²) in [5.41, 5.74) is 0.642. The van der Waals surface area contributed by atoms with Gasteiger partial charge in [-0.1, -0.05) is 23.7 Å². The summed E-state index contributed by atoms with van der Waals surface area (Å²) in [5, 5.41) is 8.64. The third-order valence-corrected chi connectivity index (χ3v) is 6.69. The third-order valence-electron chi connectivity index (χ3n) is 5.06. The SMILES string of the molecule is CC(C)N(Cc1nnc(-c2ccccc2Cl)o1)C(=O)C1CCN(S(C)(=O)=O)CC1. The monoisotopic (exact) mass is 440 g/mol. The lowest BCUT2D eigenvalue weighted by atomic mass is 9.96. The van der Waals surface area contributed by atoms with E-state index in [1.165, 1.54) is 10.6 Å². The second-order valence-electron chi connectivity index (χ2n) is 7.48. The lowest BCUT2D eigenvalue weighted by Gasteiger charge is -2.34. The number of hydrogen-bond donors (Lipinski definition) is 0. The summed E-state index contributed by atoms with van der Waals surface area (Å²) in [7, 11) is -3.22. The summed E-state index contributed by atoms with van der Waals surface area (Å²) < 4.78 is 30.5. The Bertz CT molecular complexity index is 968. The number of aromatic nitrogens is 2. The summed E-state index contributed by atoms with van der Waals surface area (Å²) in [5.74, 6) is 0.394. The Labute approximate surface area is 175 Å². The maximum absolute atomic E-state index is 13.1. The molecule has 1 amide bonds. The molecule has 1 aromatic carbocycles. The number of sulfonamides is 1. The van der Waals surface area contributed by atoms with Crippen LogP contribution in [0.15, 0.2) is 28.7 Å². The summed E-state index contributed by atoms with van der Waals surface area (Å²) in [4.78, 5) is 14.8. The van der Waals surface area contributed by atoms with Gasteiger partial charge in [0.2, 0.25) is 27.7 Å². The first-order valence-corrected chi connectivity index (χ1v) is 11.7. The molecular formula is C19H25ClN4O4S. The first-order chi connectivity index (χ1) is 13.7. The molecule has 1 fully saturated rings. The van der Waals surface area contributed by atoms with Crippen molar-refractivity contribution in [2.45, 2.75) is 39.3 Å². The minimum Gasteiger partial charge on any atom is -0.419 e. The minimum atomic E-state index is -3.22. The van der Waals surface area contributed by atoms with Gasteiger partial charge >= 0.3 is 0 Å².